The van der Waals surface area contributed by atoms with E-state index in [1.54, 1.807) is 6.07 Å². The summed E-state index contributed by atoms with van der Waals surface area (Å²) >= 11 is 0. The molecule has 0 atom stereocenters. The number of carbonyl (C=O) groups excluding carboxylic acids is 1. The Morgan fingerprint density at radius 1 is 0.875 bits per heavy atom. The van der Waals surface area contributed by atoms with Gasteiger partial charge in [0.15, 0.2) is 0 Å². The molecule has 4 N–H and O–H groups in total. The summed E-state index contributed by atoms with van der Waals surface area (Å²) < 4.78 is 46.5. The number of hydrogen-bond acceptors (Lipinski definition) is 4. The molecule has 0 spiro atoms. The van der Waals surface area contributed by atoms with Gasteiger partial charge in [0.25, 0.3) is 0 Å². The lowest BCUT2D eigenvalue weighted by atomic mass is 9.88. The molecule has 0 unspecified atom stereocenters. The number of hydrogen-bond donors (Lipinski definition) is 4. The van der Waals surface area contributed by atoms with Crippen LogP contribution in [0.2, 0.25) is 0 Å². The first-order valence-corrected chi connectivity index (χ1v) is 12.9. The minimum Gasteiger partial charge on any atom is -0.475 e. The van der Waals surface area contributed by atoms with E-state index in [1.807, 2.05) is 30.3 Å². The van der Waals surface area contributed by atoms with E-state index in [2.05, 4.69) is 47.1 Å². The number of carboxylic acid groups (broad SMARTS) is 1. The molecule has 214 valence electrons. The number of aryl methyl sites for hydroxylation is 1. The average Bonchev–Trinajstić information content (AvgIpc) is 2.90. The molecular weight excluding hydrogens is 526 g/mol. The molecule has 1 aliphatic rings. The van der Waals surface area contributed by atoms with Crippen molar-refractivity contribution in [3.05, 3.63) is 83.7 Å². The minimum absolute atomic E-state index is 0.103. The number of carboxylic acids is 1. The van der Waals surface area contributed by atoms with Gasteiger partial charge in [-0.15, -0.1) is 0 Å². The van der Waals surface area contributed by atoms with Gasteiger partial charge in [-0.05, 0) is 80.1 Å². The number of anilines is 2. The van der Waals surface area contributed by atoms with E-state index >= 15 is 0 Å². The van der Waals surface area contributed by atoms with E-state index in [0.717, 1.165) is 48.2 Å². The number of benzene rings is 3. The second kappa shape index (κ2) is 13.4. The Labute approximate surface area is 230 Å². The maximum atomic E-state index is 14.7. The van der Waals surface area contributed by atoms with Gasteiger partial charge >= 0.3 is 12.1 Å². The van der Waals surface area contributed by atoms with Crippen LogP contribution in [0.4, 0.5) is 28.9 Å². The van der Waals surface area contributed by atoms with E-state index in [9.17, 15) is 22.4 Å². The zero-order valence-corrected chi connectivity index (χ0v) is 22.4. The van der Waals surface area contributed by atoms with Crippen LogP contribution in [0.5, 0.6) is 0 Å². The average molecular weight is 560 g/mol. The van der Waals surface area contributed by atoms with Gasteiger partial charge in [-0.1, -0.05) is 42.3 Å². The molecule has 1 saturated carbocycles. The maximum Gasteiger partial charge on any atom is 0.490 e. The molecule has 4 rings (SSSR count). The summed E-state index contributed by atoms with van der Waals surface area (Å²) in [5, 5.41) is 17.3. The molecule has 3 aromatic carbocycles. The van der Waals surface area contributed by atoms with Crippen molar-refractivity contribution in [2.75, 3.05) is 10.6 Å². The molecule has 3 aromatic rings. The van der Waals surface area contributed by atoms with Crippen molar-refractivity contribution in [3.63, 3.8) is 0 Å². The molecule has 1 aliphatic carbocycles. The fourth-order valence-electron chi connectivity index (χ4n) is 4.52. The van der Waals surface area contributed by atoms with Crippen LogP contribution in [-0.4, -0.2) is 28.8 Å². The lowest BCUT2D eigenvalue weighted by molar-refractivity contribution is -0.192. The Hall–Kier alpha value is -3.92. The molecule has 1 fully saturated rings. The van der Waals surface area contributed by atoms with Crippen molar-refractivity contribution in [2.24, 2.45) is 0 Å². The Morgan fingerprint density at radius 2 is 1.43 bits per heavy atom. The largest absolute Gasteiger partial charge is 0.490 e. The fourth-order valence-corrected chi connectivity index (χ4v) is 4.52. The van der Waals surface area contributed by atoms with Crippen LogP contribution in [0, 0.1) is 12.7 Å². The van der Waals surface area contributed by atoms with E-state index in [0.29, 0.717) is 12.1 Å². The summed E-state index contributed by atoms with van der Waals surface area (Å²) in [6, 6.07) is 21.3. The Bertz CT molecular complexity index is 1290. The van der Waals surface area contributed by atoms with Crippen LogP contribution in [-0.2, 0) is 16.1 Å². The second-order valence-corrected chi connectivity index (χ2v) is 9.85. The number of alkyl halides is 3. The lowest BCUT2D eigenvalue weighted by Crippen LogP contribution is -2.52. The van der Waals surface area contributed by atoms with Crippen LogP contribution in [0.3, 0.4) is 0 Å². The first-order chi connectivity index (χ1) is 18.9. The normalized spacial score (nSPS) is 14.4. The van der Waals surface area contributed by atoms with Crippen molar-refractivity contribution in [1.29, 1.82) is 0 Å². The van der Waals surface area contributed by atoms with E-state index < -0.39 is 12.1 Å². The van der Waals surface area contributed by atoms with Crippen molar-refractivity contribution < 1.29 is 32.3 Å². The zero-order chi connectivity index (χ0) is 29.3. The maximum absolute atomic E-state index is 14.7. The van der Waals surface area contributed by atoms with Crippen LogP contribution in [0.15, 0.2) is 66.7 Å². The quantitative estimate of drug-likeness (QED) is 0.181. The number of rotatable bonds is 7. The van der Waals surface area contributed by atoms with Gasteiger partial charge in [0.05, 0.1) is 5.66 Å². The predicted octanol–water partition coefficient (Wildman–Crippen LogP) is 7.25. The van der Waals surface area contributed by atoms with Crippen molar-refractivity contribution in [2.45, 2.75) is 64.3 Å². The van der Waals surface area contributed by atoms with Gasteiger partial charge in [0.1, 0.15) is 5.82 Å². The number of halogens is 4. The predicted molar refractivity (Wildman–Crippen MR) is 147 cm³/mol. The highest BCUT2D eigenvalue weighted by Crippen LogP contribution is 2.31. The molecule has 0 bridgehead atoms. The third-order valence-electron chi connectivity index (χ3n) is 6.59. The van der Waals surface area contributed by atoms with Crippen LogP contribution in [0.1, 0.15) is 50.2 Å². The molecule has 40 heavy (non-hydrogen) atoms. The highest BCUT2D eigenvalue weighted by atomic mass is 19.4. The molecule has 1 amide bonds. The summed E-state index contributed by atoms with van der Waals surface area (Å²) in [7, 11) is 0. The number of carbonyl (C=O) groups is 2. The molecule has 0 radical (unpaired) electrons. The molecule has 0 heterocycles. The summed E-state index contributed by atoms with van der Waals surface area (Å²) in [5.74, 6) is -3.07. The standard InChI is InChI=1S/C28H32FN3O.C2HF3O2/c1-20-6-11-26(12-7-20)32-28(16-4-3-5-17-28)30-19-24-18-23(10-15-27(24)29)22-8-13-25(14-9-22)31-21(2)33;3-2(4,5)1(6)7/h6-15,18,30,32H,3-5,16-17,19H2,1-2H3,(H,31,33);(H,6,7). The SMILES string of the molecule is CC(=O)Nc1ccc(-c2ccc(F)c(CNC3(Nc4ccc(C)cc4)CCCCC3)c2)cc1.O=C(O)C(F)(F)F. The third-order valence-corrected chi connectivity index (χ3v) is 6.59. The first-order valence-electron chi connectivity index (χ1n) is 12.9. The Kier molecular flexibility index (Phi) is 10.3. The highest BCUT2D eigenvalue weighted by molar-refractivity contribution is 5.89. The van der Waals surface area contributed by atoms with Gasteiger partial charge in [-0.3, -0.25) is 10.1 Å². The summed E-state index contributed by atoms with van der Waals surface area (Å²) in [6.45, 7) is 4.02. The molecule has 0 aromatic heterocycles. The number of aliphatic carboxylic acids is 1. The fraction of sp³-hybridized carbons (Fsp3) is 0.333. The zero-order valence-electron chi connectivity index (χ0n) is 22.4. The number of amides is 1. The van der Waals surface area contributed by atoms with E-state index in [-0.39, 0.29) is 17.4 Å². The smallest absolute Gasteiger partial charge is 0.475 e. The first kappa shape index (κ1) is 30.6. The van der Waals surface area contributed by atoms with Crippen LogP contribution in [0.25, 0.3) is 11.1 Å². The Balaban J connectivity index is 0.000000559. The third kappa shape index (κ3) is 9.08. The van der Waals surface area contributed by atoms with E-state index in [1.165, 1.54) is 25.0 Å². The lowest BCUT2D eigenvalue weighted by Gasteiger charge is -2.40. The molecule has 0 saturated heterocycles. The van der Waals surface area contributed by atoms with Gasteiger partial charge in [0.2, 0.25) is 5.91 Å². The van der Waals surface area contributed by atoms with Crippen LogP contribution < -0.4 is 16.0 Å². The van der Waals surface area contributed by atoms with Gasteiger partial charge < -0.3 is 15.7 Å². The molecule has 0 aliphatic heterocycles. The topological polar surface area (TPSA) is 90.5 Å². The van der Waals surface area contributed by atoms with Crippen molar-refractivity contribution in [1.82, 2.24) is 5.32 Å². The Morgan fingerprint density at radius 3 is 1.98 bits per heavy atom. The van der Waals surface area contributed by atoms with Gasteiger partial charge in [0, 0.05) is 30.4 Å². The van der Waals surface area contributed by atoms with E-state index in [4.69, 9.17) is 9.90 Å². The van der Waals surface area contributed by atoms with Crippen molar-refractivity contribution in [3.8, 4) is 11.1 Å². The van der Waals surface area contributed by atoms with Crippen molar-refractivity contribution >= 4 is 23.3 Å². The molecule has 10 heteroatoms. The second-order valence-electron chi connectivity index (χ2n) is 9.85. The number of nitrogens with one attached hydrogen (secondary N) is 3. The summed E-state index contributed by atoms with van der Waals surface area (Å²) in [5.41, 5.74) is 5.40. The van der Waals surface area contributed by atoms with Crippen LogP contribution >= 0.6 is 0 Å². The van der Waals surface area contributed by atoms with Gasteiger partial charge in [-0.2, -0.15) is 13.2 Å². The minimum atomic E-state index is -5.08. The molecule has 6 nitrogen and oxygen atoms in total. The highest BCUT2D eigenvalue weighted by Gasteiger charge is 2.38. The van der Waals surface area contributed by atoms with Gasteiger partial charge in [-0.25, -0.2) is 9.18 Å². The summed E-state index contributed by atoms with van der Waals surface area (Å²) in [4.78, 5) is 20.1. The summed E-state index contributed by atoms with van der Waals surface area (Å²) in [6.07, 6.45) is 0.459. The monoisotopic (exact) mass is 559 g/mol. The molecular formula is C30H33F4N3O3.